The Morgan fingerprint density at radius 2 is 1.85 bits per heavy atom. The van der Waals surface area contributed by atoms with Crippen molar-refractivity contribution in [2.45, 2.75) is 26.8 Å². The second kappa shape index (κ2) is 7.60. The van der Waals surface area contributed by atoms with Crippen LogP contribution in [-0.2, 0) is 16.1 Å². The average Bonchev–Trinajstić information content (AvgIpc) is 2.99. The number of para-hydroxylation sites is 2. The predicted molar refractivity (Wildman–Crippen MR) is 101 cm³/mol. The van der Waals surface area contributed by atoms with E-state index < -0.39 is 0 Å². The third-order valence-corrected chi connectivity index (χ3v) is 4.87. The zero-order valence-electron chi connectivity index (χ0n) is 15.4. The van der Waals surface area contributed by atoms with Crippen LogP contribution in [0.1, 0.15) is 23.1 Å². The Hall–Kier alpha value is -2.82. The molecule has 0 radical (unpaired) electrons. The van der Waals surface area contributed by atoms with Crippen LogP contribution in [0.25, 0.3) is 0 Å². The zero-order valence-corrected chi connectivity index (χ0v) is 15.4. The van der Waals surface area contributed by atoms with Crippen LogP contribution < -0.4 is 10.1 Å². The number of likely N-dealkylation sites (tertiary alicyclic amines) is 1. The molecule has 0 aromatic heterocycles. The zero-order chi connectivity index (χ0) is 18.7. The summed E-state index contributed by atoms with van der Waals surface area (Å²) in [7, 11) is 1.62. The molecule has 0 bridgehead atoms. The molecular weight excluding hydrogens is 328 g/mol. The molecule has 1 aliphatic heterocycles. The van der Waals surface area contributed by atoms with Gasteiger partial charge in [0.2, 0.25) is 11.8 Å². The second-order valence-corrected chi connectivity index (χ2v) is 6.74. The van der Waals surface area contributed by atoms with Crippen LogP contribution in [-0.4, -0.2) is 30.4 Å². The van der Waals surface area contributed by atoms with Gasteiger partial charge in [0.25, 0.3) is 0 Å². The number of anilines is 1. The van der Waals surface area contributed by atoms with Gasteiger partial charge in [-0.05, 0) is 31.0 Å². The molecule has 1 saturated heterocycles. The first-order valence-electron chi connectivity index (χ1n) is 8.76. The Labute approximate surface area is 154 Å². The normalized spacial score (nSPS) is 16.7. The Balaban J connectivity index is 1.68. The predicted octanol–water partition coefficient (Wildman–Crippen LogP) is 3.30. The molecule has 0 aliphatic carbocycles. The van der Waals surface area contributed by atoms with E-state index in [1.54, 1.807) is 12.0 Å². The quantitative estimate of drug-likeness (QED) is 0.898. The van der Waals surface area contributed by atoms with Crippen molar-refractivity contribution in [1.29, 1.82) is 0 Å². The van der Waals surface area contributed by atoms with Crippen LogP contribution in [0.3, 0.4) is 0 Å². The number of carbonyl (C=O) groups excluding carboxylic acids is 2. The molecule has 2 aromatic rings. The van der Waals surface area contributed by atoms with Gasteiger partial charge in [0.1, 0.15) is 5.75 Å². The molecule has 1 aliphatic rings. The van der Waals surface area contributed by atoms with E-state index in [4.69, 9.17) is 4.74 Å². The topological polar surface area (TPSA) is 58.6 Å². The number of rotatable bonds is 5. The van der Waals surface area contributed by atoms with Crippen molar-refractivity contribution in [3.05, 3.63) is 59.2 Å². The van der Waals surface area contributed by atoms with Crippen molar-refractivity contribution in [3.63, 3.8) is 0 Å². The number of aryl methyl sites for hydroxylation is 2. The number of methoxy groups -OCH3 is 1. The third-order valence-electron chi connectivity index (χ3n) is 4.87. The number of nitrogens with zero attached hydrogens (tertiary/aromatic N) is 1. The number of carbonyl (C=O) groups is 2. The van der Waals surface area contributed by atoms with Gasteiger partial charge in [-0.3, -0.25) is 9.59 Å². The maximum Gasteiger partial charge on any atom is 0.229 e. The van der Waals surface area contributed by atoms with Gasteiger partial charge in [-0.1, -0.05) is 36.4 Å². The summed E-state index contributed by atoms with van der Waals surface area (Å²) in [6, 6.07) is 13.5. The molecular formula is C21H24N2O3. The van der Waals surface area contributed by atoms with Gasteiger partial charge in [-0.15, -0.1) is 0 Å². The first-order valence-corrected chi connectivity index (χ1v) is 8.76. The summed E-state index contributed by atoms with van der Waals surface area (Å²) in [5, 5.41) is 3.01. The average molecular weight is 352 g/mol. The fourth-order valence-electron chi connectivity index (χ4n) is 3.38. The van der Waals surface area contributed by atoms with Crippen LogP contribution in [0.5, 0.6) is 5.75 Å². The number of benzene rings is 2. The Morgan fingerprint density at radius 1 is 1.15 bits per heavy atom. The van der Waals surface area contributed by atoms with Crippen LogP contribution in [0, 0.1) is 19.8 Å². The summed E-state index contributed by atoms with van der Waals surface area (Å²) in [5.41, 5.74) is 3.83. The van der Waals surface area contributed by atoms with E-state index >= 15 is 0 Å². The molecule has 1 atom stereocenters. The smallest absolute Gasteiger partial charge is 0.229 e. The molecule has 5 nitrogen and oxygen atoms in total. The van der Waals surface area contributed by atoms with Gasteiger partial charge in [-0.2, -0.15) is 0 Å². The SMILES string of the molecule is COc1ccccc1CN1CC(C(=O)Nc2c(C)cccc2C)CC1=O. The number of amides is 2. The van der Waals surface area contributed by atoms with Gasteiger partial charge in [0.15, 0.2) is 0 Å². The third kappa shape index (κ3) is 3.72. The molecule has 1 unspecified atom stereocenters. The maximum atomic E-state index is 12.7. The number of nitrogens with one attached hydrogen (secondary N) is 1. The maximum absolute atomic E-state index is 12.7. The standard InChI is InChI=1S/C21H24N2O3/c1-14-7-6-8-15(2)20(14)22-21(25)17-11-19(24)23(13-17)12-16-9-4-5-10-18(16)26-3/h4-10,17H,11-13H2,1-3H3,(H,22,25). The molecule has 1 heterocycles. The molecule has 0 spiro atoms. The highest BCUT2D eigenvalue weighted by molar-refractivity contribution is 5.98. The first-order chi connectivity index (χ1) is 12.5. The minimum Gasteiger partial charge on any atom is -0.496 e. The van der Waals surface area contributed by atoms with Gasteiger partial charge in [0, 0.05) is 30.8 Å². The summed E-state index contributed by atoms with van der Waals surface area (Å²) >= 11 is 0. The van der Waals surface area contributed by atoms with Crippen molar-refractivity contribution < 1.29 is 14.3 Å². The number of ether oxygens (including phenoxy) is 1. The Kier molecular flexibility index (Phi) is 5.26. The van der Waals surface area contributed by atoms with E-state index in [1.165, 1.54) is 0 Å². The van der Waals surface area contributed by atoms with Gasteiger partial charge >= 0.3 is 0 Å². The summed E-state index contributed by atoms with van der Waals surface area (Å²) in [4.78, 5) is 26.8. The molecule has 5 heteroatoms. The van der Waals surface area contributed by atoms with E-state index in [2.05, 4.69) is 5.32 Å². The minimum absolute atomic E-state index is 0.00226. The highest BCUT2D eigenvalue weighted by Gasteiger charge is 2.34. The van der Waals surface area contributed by atoms with Crippen LogP contribution in [0.2, 0.25) is 0 Å². The van der Waals surface area contributed by atoms with Crippen molar-refractivity contribution in [1.82, 2.24) is 4.90 Å². The summed E-state index contributed by atoms with van der Waals surface area (Å²) in [6.45, 7) is 4.82. The number of hydrogen-bond donors (Lipinski definition) is 1. The highest BCUT2D eigenvalue weighted by atomic mass is 16.5. The molecule has 1 fully saturated rings. The van der Waals surface area contributed by atoms with Gasteiger partial charge in [-0.25, -0.2) is 0 Å². The van der Waals surface area contributed by atoms with E-state index in [0.29, 0.717) is 13.1 Å². The lowest BCUT2D eigenvalue weighted by molar-refractivity contribution is -0.128. The van der Waals surface area contributed by atoms with Crippen molar-refractivity contribution in [2.75, 3.05) is 19.0 Å². The fourth-order valence-corrected chi connectivity index (χ4v) is 3.38. The van der Waals surface area contributed by atoms with E-state index in [-0.39, 0.29) is 24.2 Å². The van der Waals surface area contributed by atoms with Crippen molar-refractivity contribution >= 4 is 17.5 Å². The van der Waals surface area contributed by atoms with Crippen LogP contribution in [0.4, 0.5) is 5.69 Å². The summed E-state index contributed by atoms with van der Waals surface area (Å²) in [6.07, 6.45) is 0.242. The Bertz CT molecular complexity index is 812. The molecule has 136 valence electrons. The molecule has 2 aromatic carbocycles. The fraction of sp³-hybridized carbons (Fsp3) is 0.333. The summed E-state index contributed by atoms with van der Waals surface area (Å²) < 4.78 is 5.35. The largest absolute Gasteiger partial charge is 0.496 e. The van der Waals surface area contributed by atoms with Crippen LogP contribution in [0.15, 0.2) is 42.5 Å². The molecule has 1 N–H and O–H groups in total. The molecule has 0 saturated carbocycles. The second-order valence-electron chi connectivity index (χ2n) is 6.74. The summed E-state index contributed by atoms with van der Waals surface area (Å²) in [5.74, 6) is 0.316. The van der Waals surface area contributed by atoms with E-state index in [0.717, 1.165) is 28.1 Å². The van der Waals surface area contributed by atoms with Crippen molar-refractivity contribution in [2.24, 2.45) is 5.92 Å². The first kappa shape index (κ1) is 18.0. The van der Waals surface area contributed by atoms with Crippen molar-refractivity contribution in [3.8, 4) is 5.75 Å². The molecule has 2 amide bonds. The Morgan fingerprint density at radius 3 is 2.54 bits per heavy atom. The lowest BCUT2D eigenvalue weighted by atomic mass is 10.1. The highest BCUT2D eigenvalue weighted by Crippen LogP contribution is 2.26. The van der Waals surface area contributed by atoms with E-state index in [1.807, 2.05) is 56.3 Å². The minimum atomic E-state index is -0.337. The number of hydrogen-bond acceptors (Lipinski definition) is 3. The van der Waals surface area contributed by atoms with Gasteiger partial charge in [0.05, 0.1) is 13.0 Å². The molecule has 3 rings (SSSR count). The monoisotopic (exact) mass is 352 g/mol. The van der Waals surface area contributed by atoms with Gasteiger partial charge < -0.3 is 15.0 Å². The van der Waals surface area contributed by atoms with Crippen LogP contribution >= 0.6 is 0 Å². The van der Waals surface area contributed by atoms with E-state index in [9.17, 15) is 9.59 Å². The lowest BCUT2D eigenvalue weighted by Gasteiger charge is -2.19. The lowest BCUT2D eigenvalue weighted by Crippen LogP contribution is -2.28. The molecule has 26 heavy (non-hydrogen) atoms.